The lowest BCUT2D eigenvalue weighted by atomic mass is 9.89. The number of amides is 1. The molecule has 0 saturated heterocycles. The van der Waals surface area contributed by atoms with Crippen molar-refractivity contribution >= 4 is 11.5 Å². The zero-order chi connectivity index (χ0) is 14.5. The Balaban J connectivity index is 2.87. The van der Waals surface area contributed by atoms with Crippen LogP contribution in [0, 0.1) is 5.41 Å². The number of benzene rings is 1. The maximum Gasteiger partial charge on any atom is 0.248 e. The minimum absolute atomic E-state index is 0.249. The van der Waals surface area contributed by atoms with Crippen molar-refractivity contribution in [1.29, 1.82) is 0 Å². The van der Waals surface area contributed by atoms with Crippen LogP contribution in [0.5, 0.6) is 5.75 Å². The van der Waals surface area contributed by atoms with Crippen molar-refractivity contribution in [2.75, 3.05) is 7.11 Å². The molecule has 2 N–H and O–H groups in total. The average molecular weight is 261 g/mol. The van der Waals surface area contributed by atoms with Gasteiger partial charge in [0, 0.05) is 5.57 Å². The predicted octanol–water partition coefficient (Wildman–Crippen LogP) is 3.39. The second-order valence-electron chi connectivity index (χ2n) is 5.81. The molecule has 19 heavy (non-hydrogen) atoms. The van der Waals surface area contributed by atoms with Crippen LogP contribution in [-0.2, 0) is 4.79 Å². The molecule has 1 aromatic rings. The van der Waals surface area contributed by atoms with E-state index in [-0.39, 0.29) is 11.3 Å². The minimum Gasteiger partial charge on any atom is -0.497 e. The fraction of sp³-hybridized carbons (Fsp3) is 0.438. The van der Waals surface area contributed by atoms with Crippen molar-refractivity contribution in [2.45, 2.75) is 33.6 Å². The van der Waals surface area contributed by atoms with Gasteiger partial charge in [-0.15, -0.1) is 0 Å². The lowest BCUT2D eigenvalue weighted by molar-refractivity contribution is -0.112. The summed E-state index contributed by atoms with van der Waals surface area (Å²) in [5.74, 6) is 0.376. The second kappa shape index (κ2) is 6.41. The maximum atomic E-state index is 11.5. The maximum absolute atomic E-state index is 11.5. The molecule has 0 spiro atoms. The van der Waals surface area contributed by atoms with E-state index in [4.69, 9.17) is 10.5 Å². The minimum atomic E-state index is -0.390. The Morgan fingerprint density at radius 1 is 1.26 bits per heavy atom. The van der Waals surface area contributed by atoms with E-state index >= 15 is 0 Å². The third kappa shape index (κ3) is 5.16. The zero-order valence-electron chi connectivity index (χ0n) is 12.2. The van der Waals surface area contributed by atoms with E-state index in [0.717, 1.165) is 24.2 Å². The molecule has 0 aliphatic carbocycles. The summed E-state index contributed by atoms with van der Waals surface area (Å²) in [6.07, 6.45) is 3.78. The van der Waals surface area contributed by atoms with Crippen LogP contribution in [0.25, 0.3) is 5.57 Å². The molecular formula is C16H23NO2. The molecule has 1 rings (SSSR count). The van der Waals surface area contributed by atoms with Crippen molar-refractivity contribution < 1.29 is 9.53 Å². The Morgan fingerprint density at radius 3 is 2.26 bits per heavy atom. The number of carbonyl (C=O) groups is 1. The Labute approximate surface area is 115 Å². The SMILES string of the molecule is COc1ccc(/C(=C\CCC(C)(C)C)C(N)=O)cc1. The number of allylic oxidation sites excluding steroid dienone is 1. The van der Waals surface area contributed by atoms with Gasteiger partial charge in [-0.05, 0) is 36.0 Å². The predicted molar refractivity (Wildman–Crippen MR) is 78.9 cm³/mol. The van der Waals surface area contributed by atoms with E-state index in [1.54, 1.807) is 7.11 Å². The Kier molecular flexibility index (Phi) is 5.16. The molecule has 104 valence electrons. The highest BCUT2D eigenvalue weighted by Gasteiger charge is 2.11. The van der Waals surface area contributed by atoms with Gasteiger partial charge in [0.05, 0.1) is 7.11 Å². The zero-order valence-corrected chi connectivity index (χ0v) is 12.2. The van der Waals surface area contributed by atoms with Crippen LogP contribution in [0.3, 0.4) is 0 Å². The molecule has 0 aliphatic heterocycles. The molecule has 0 unspecified atom stereocenters. The van der Waals surface area contributed by atoms with Gasteiger partial charge in [0.1, 0.15) is 5.75 Å². The highest BCUT2D eigenvalue weighted by Crippen LogP contribution is 2.24. The first-order valence-electron chi connectivity index (χ1n) is 6.48. The van der Waals surface area contributed by atoms with Gasteiger partial charge in [0.2, 0.25) is 5.91 Å². The first kappa shape index (κ1) is 15.3. The molecule has 1 amide bonds. The van der Waals surface area contributed by atoms with Crippen LogP contribution in [0.15, 0.2) is 30.3 Å². The first-order valence-corrected chi connectivity index (χ1v) is 6.48. The molecule has 1 aromatic carbocycles. The summed E-state index contributed by atoms with van der Waals surface area (Å²) < 4.78 is 5.10. The van der Waals surface area contributed by atoms with Crippen molar-refractivity contribution in [3.8, 4) is 5.75 Å². The van der Waals surface area contributed by atoms with E-state index in [0.29, 0.717) is 5.57 Å². The Bertz CT molecular complexity index is 453. The average Bonchev–Trinajstić information content (AvgIpc) is 2.33. The largest absolute Gasteiger partial charge is 0.497 e. The van der Waals surface area contributed by atoms with Crippen LogP contribution in [0.4, 0.5) is 0 Å². The molecular weight excluding hydrogens is 238 g/mol. The molecule has 0 saturated carbocycles. The molecule has 3 heteroatoms. The van der Waals surface area contributed by atoms with Crippen LogP contribution in [0.1, 0.15) is 39.2 Å². The van der Waals surface area contributed by atoms with Gasteiger partial charge >= 0.3 is 0 Å². The van der Waals surface area contributed by atoms with Crippen LogP contribution >= 0.6 is 0 Å². The number of primary amides is 1. The van der Waals surface area contributed by atoms with E-state index in [2.05, 4.69) is 20.8 Å². The quantitative estimate of drug-likeness (QED) is 0.826. The fourth-order valence-corrected chi connectivity index (χ4v) is 1.78. The summed E-state index contributed by atoms with van der Waals surface area (Å²) in [6, 6.07) is 7.37. The van der Waals surface area contributed by atoms with Gasteiger partial charge in [-0.3, -0.25) is 4.79 Å². The monoisotopic (exact) mass is 261 g/mol. The third-order valence-corrected chi connectivity index (χ3v) is 2.91. The van der Waals surface area contributed by atoms with Crippen LogP contribution in [-0.4, -0.2) is 13.0 Å². The summed E-state index contributed by atoms with van der Waals surface area (Å²) >= 11 is 0. The Morgan fingerprint density at radius 2 is 1.84 bits per heavy atom. The van der Waals surface area contributed by atoms with Gasteiger partial charge in [-0.1, -0.05) is 39.0 Å². The summed E-state index contributed by atoms with van der Waals surface area (Å²) in [6.45, 7) is 6.54. The number of hydrogen-bond acceptors (Lipinski definition) is 2. The lowest BCUT2D eigenvalue weighted by Gasteiger charge is -2.16. The number of carbonyl (C=O) groups excluding carboxylic acids is 1. The van der Waals surface area contributed by atoms with Crippen molar-refractivity contribution in [2.24, 2.45) is 11.1 Å². The molecule has 0 radical (unpaired) electrons. The fourth-order valence-electron chi connectivity index (χ4n) is 1.78. The van der Waals surface area contributed by atoms with Gasteiger partial charge in [-0.2, -0.15) is 0 Å². The van der Waals surface area contributed by atoms with Gasteiger partial charge in [0.25, 0.3) is 0 Å². The normalized spacial score (nSPS) is 12.3. The first-order chi connectivity index (χ1) is 8.83. The molecule has 0 fully saturated rings. The summed E-state index contributed by atoms with van der Waals surface area (Å²) in [5, 5.41) is 0. The number of hydrogen-bond donors (Lipinski definition) is 1. The number of nitrogens with two attached hydrogens (primary N) is 1. The van der Waals surface area contributed by atoms with Gasteiger partial charge in [-0.25, -0.2) is 0 Å². The van der Waals surface area contributed by atoms with Gasteiger partial charge in [0.15, 0.2) is 0 Å². The molecule has 0 aromatic heterocycles. The number of ether oxygens (including phenoxy) is 1. The topological polar surface area (TPSA) is 52.3 Å². The molecule has 0 atom stereocenters. The summed E-state index contributed by atoms with van der Waals surface area (Å²) in [7, 11) is 1.61. The molecule has 0 aliphatic rings. The molecule has 0 bridgehead atoms. The highest BCUT2D eigenvalue weighted by atomic mass is 16.5. The second-order valence-corrected chi connectivity index (χ2v) is 5.81. The van der Waals surface area contributed by atoms with Crippen LogP contribution in [0.2, 0.25) is 0 Å². The van der Waals surface area contributed by atoms with Crippen LogP contribution < -0.4 is 10.5 Å². The molecule has 3 nitrogen and oxygen atoms in total. The van der Waals surface area contributed by atoms with E-state index in [1.165, 1.54) is 0 Å². The highest BCUT2D eigenvalue weighted by molar-refractivity contribution is 6.18. The van der Waals surface area contributed by atoms with E-state index < -0.39 is 0 Å². The lowest BCUT2D eigenvalue weighted by Crippen LogP contribution is -2.13. The summed E-state index contributed by atoms with van der Waals surface area (Å²) in [4.78, 5) is 11.5. The van der Waals surface area contributed by atoms with Gasteiger partial charge < -0.3 is 10.5 Å². The van der Waals surface area contributed by atoms with Crippen molar-refractivity contribution in [3.63, 3.8) is 0 Å². The third-order valence-electron chi connectivity index (χ3n) is 2.91. The number of rotatable bonds is 5. The Hall–Kier alpha value is -1.77. The summed E-state index contributed by atoms with van der Waals surface area (Å²) in [5.41, 5.74) is 7.11. The number of methoxy groups -OCH3 is 1. The standard InChI is InChI=1S/C16H23NO2/c1-16(2,3)11-5-6-14(15(17)18)12-7-9-13(19-4)10-8-12/h6-10H,5,11H2,1-4H3,(H2,17,18)/b14-6+. The van der Waals surface area contributed by atoms with E-state index in [1.807, 2.05) is 30.3 Å². The smallest absolute Gasteiger partial charge is 0.248 e. The molecule has 0 heterocycles. The van der Waals surface area contributed by atoms with E-state index in [9.17, 15) is 4.79 Å². The van der Waals surface area contributed by atoms with Crippen molar-refractivity contribution in [3.05, 3.63) is 35.9 Å². The van der Waals surface area contributed by atoms with Crippen molar-refractivity contribution in [1.82, 2.24) is 0 Å².